The van der Waals surface area contributed by atoms with Gasteiger partial charge >= 0.3 is 0 Å². The normalized spacial score (nSPS) is 19.4. The molecule has 4 heteroatoms. The molecule has 0 atom stereocenters. The van der Waals surface area contributed by atoms with E-state index in [0.29, 0.717) is 25.2 Å². The average Bonchev–Trinajstić information content (AvgIpc) is 2.53. The van der Waals surface area contributed by atoms with Crippen LogP contribution < -0.4 is 11.1 Å². The summed E-state index contributed by atoms with van der Waals surface area (Å²) in [6.45, 7) is 4.03. The quantitative estimate of drug-likeness (QED) is 0.325. The molecule has 16 heavy (non-hydrogen) atoms. The summed E-state index contributed by atoms with van der Waals surface area (Å²) in [6, 6.07) is 0.526. The summed E-state index contributed by atoms with van der Waals surface area (Å²) in [4.78, 5) is 4.24. The van der Waals surface area contributed by atoms with Crippen molar-refractivity contribution in [3.63, 3.8) is 0 Å². The van der Waals surface area contributed by atoms with E-state index in [1.54, 1.807) is 0 Å². The van der Waals surface area contributed by atoms with Crippen LogP contribution in [0.2, 0.25) is 0 Å². The van der Waals surface area contributed by atoms with Gasteiger partial charge in [-0.25, -0.2) is 0 Å². The summed E-state index contributed by atoms with van der Waals surface area (Å²) in [7, 11) is 0. The van der Waals surface area contributed by atoms with Gasteiger partial charge in [-0.15, -0.1) is 0 Å². The van der Waals surface area contributed by atoms with E-state index >= 15 is 0 Å². The lowest BCUT2D eigenvalue weighted by Gasteiger charge is -2.16. The molecular formula is C12H25N3O. The number of guanidine groups is 1. The van der Waals surface area contributed by atoms with E-state index in [1.165, 1.54) is 38.5 Å². The van der Waals surface area contributed by atoms with E-state index < -0.39 is 0 Å². The van der Waals surface area contributed by atoms with Crippen LogP contribution in [0.5, 0.6) is 0 Å². The van der Waals surface area contributed by atoms with E-state index in [-0.39, 0.29) is 0 Å². The molecule has 0 aromatic heterocycles. The highest BCUT2D eigenvalue weighted by Crippen LogP contribution is 2.16. The van der Waals surface area contributed by atoms with Crippen molar-refractivity contribution in [2.75, 3.05) is 19.8 Å². The monoisotopic (exact) mass is 227 g/mol. The predicted octanol–water partition coefficient (Wildman–Crippen LogP) is 1.65. The number of hydrogen-bond donors (Lipinski definition) is 2. The highest BCUT2D eigenvalue weighted by molar-refractivity contribution is 5.78. The topological polar surface area (TPSA) is 59.6 Å². The van der Waals surface area contributed by atoms with Crippen LogP contribution >= 0.6 is 0 Å². The molecule has 0 aromatic rings. The Morgan fingerprint density at radius 1 is 1.31 bits per heavy atom. The summed E-state index contributed by atoms with van der Waals surface area (Å²) >= 11 is 0. The Labute approximate surface area is 98.6 Å². The van der Waals surface area contributed by atoms with Crippen molar-refractivity contribution in [3.05, 3.63) is 0 Å². The molecule has 0 aromatic carbocycles. The molecule has 4 nitrogen and oxygen atoms in total. The van der Waals surface area contributed by atoms with Gasteiger partial charge in [-0.05, 0) is 19.8 Å². The van der Waals surface area contributed by atoms with E-state index in [1.807, 2.05) is 6.92 Å². The lowest BCUT2D eigenvalue weighted by atomic mass is 10.1. The maximum atomic E-state index is 5.82. The average molecular weight is 227 g/mol. The SMILES string of the molecule is CCOCCN=C(N)NC1CCCCCC1. The fourth-order valence-electron chi connectivity index (χ4n) is 2.05. The maximum absolute atomic E-state index is 5.82. The number of aliphatic imine (C=N–C) groups is 1. The van der Waals surface area contributed by atoms with Crippen molar-refractivity contribution in [2.45, 2.75) is 51.5 Å². The Kier molecular flexibility index (Phi) is 6.97. The second-order valence-electron chi connectivity index (χ2n) is 4.30. The van der Waals surface area contributed by atoms with Gasteiger partial charge < -0.3 is 15.8 Å². The van der Waals surface area contributed by atoms with Crippen LogP contribution in [0.3, 0.4) is 0 Å². The van der Waals surface area contributed by atoms with Crippen LogP contribution in [0.25, 0.3) is 0 Å². The molecule has 1 fully saturated rings. The molecule has 0 bridgehead atoms. The first-order valence-corrected chi connectivity index (χ1v) is 6.47. The van der Waals surface area contributed by atoms with Crippen molar-refractivity contribution in [3.8, 4) is 0 Å². The van der Waals surface area contributed by atoms with E-state index in [0.717, 1.165) is 6.61 Å². The first kappa shape index (κ1) is 13.3. The third-order valence-corrected chi connectivity index (χ3v) is 2.93. The zero-order valence-electron chi connectivity index (χ0n) is 10.4. The Morgan fingerprint density at radius 2 is 2.00 bits per heavy atom. The molecule has 0 spiro atoms. The Balaban J connectivity index is 2.17. The zero-order valence-corrected chi connectivity index (χ0v) is 10.4. The smallest absolute Gasteiger partial charge is 0.188 e. The van der Waals surface area contributed by atoms with Gasteiger partial charge in [0.2, 0.25) is 0 Å². The summed E-state index contributed by atoms with van der Waals surface area (Å²) in [5.74, 6) is 0.576. The standard InChI is InChI=1S/C12H25N3O/c1-2-16-10-9-14-12(13)15-11-7-5-3-4-6-8-11/h11H,2-10H2,1H3,(H3,13,14,15). The van der Waals surface area contributed by atoms with Crippen LogP contribution in [0.1, 0.15) is 45.4 Å². The summed E-state index contributed by atoms with van der Waals surface area (Å²) in [5.41, 5.74) is 5.82. The minimum Gasteiger partial charge on any atom is -0.380 e. The second-order valence-corrected chi connectivity index (χ2v) is 4.30. The molecule has 1 aliphatic carbocycles. The van der Waals surface area contributed by atoms with E-state index in [9.17, 15) is 0 Å². The minimum absolute atomic E-state index is 0.526. The van der Waals surface area contributed by atoms with Crippen molar-refractivity contribution in [1.82, 2.24) is 5.32 Å². The number of nitrogens with zero attached hydrogens (tertiary/aromatic N) is 1. The highest BCUT2D eigenvalue weighted by Gasteiger charge is 2.11. The summed E-state index contributed by atoms with van der Waals surface area (Å²) < 4.78 is 5.20. The molecule has 0 amide bonds. The van der Waals surface area contributed by atoms with Crippen molar-refractivity contribution in [2.24, 2.45) is 10.7 Å². The molecule has 1 aliphatic rings. The highest BCUT2D eigenvalue weighted by atomic mass is 16.5. The van der Waals surface area contributed by atoms with Crippen LogP contribution in [0, 0.1) is 0 Å². The van der Waals surface area contributed by atoms with Gasteiger partial charge in [0.05, 0.1) is 13.2 Å². The molecule has 0 radical (unpaired) electrons. The Morgan fingerprint density at radius 3 is 2.62 bits per heavy atom. The van der Waals surface area contributed by atoms with E-state index in [4.69, 9.17) is 10.5 Å². The molecule has 0 unspecified atom stereocenters. The zero-order chi connectivity index (χ0) is 11.6. The first-order valence-electron chi connectivity index (χ1n) is 6.47. The molecule has 1 rings (SSSR count). The number of ether oxygens (including phenoxy) is 1. The van der Waals surface area contributed by atoms with Gasteiger partial charge in [0.15, 0.2) is 5.96 Å². The fourth-order valence-corrected chi connectivity index (χ4v) is 2.05. The molecule has 0 heterocycles. The molecule has 0 saturated heterocycles. The largest absolute Gasteiger partial charge is 0.380 e. The van der Waals surface area contributed by atoms with Gasteiger partial charge in [0, 0.05) is 12.6 Å². The molecule has 94 valence electrons. The third kappa shape index (κ3) is 5.95. The lowest BCUT2D eigenvalue weighted by molar-refractivity contribution is 0.155. The van der Waals surface area contributed by atoms with Gasteiger partial charge in [-0.1, -0.05) is 25.7 Å². The molecular weight excluding hydrogens is 202 g/mol. The van der Waals surface area contributed by atoms with Gasteiger partial charge in [0.25, 0.3) is 0 Å². The van der Waals surface area contributed by atoms with Crippen LogP contribution in [0.4, 0.5) is 0 Å². The number of nitrogens with one attached hydrogen (secondary N) is 1. The second kappa shape index (κ2) is 8.39. The molecule has 1 saturated carbocycles. The number of rotatable bonds is 5. The van der Waals surface area contributed by atoms with Crippen molar-refractivity contribution in [1.29, 1.82) is 0 Å². The Hall–Kier alpha value is -0.770. The Bertz CT molecular complexity index is 198. The third-order valence-electron chi connectivity index (χ3n) is 2.93. The first-order chi connectivity index (χ1) is 7.83. The summed E-state index contributed by atoms with van der Waals surface area (Å²) in [6.07, 6.45) is 7.79. The van der Waals surface area contributed by atoms with Crippen molar-refractivity contribution >= 4 is 5.96 Å². The van der Waals surface area contributed by atoms with Crippen molar-refractivity contribution < 1.29 is 4.74 Å². The van der Waals surface area contributed by atoms with Crippen LogP contribution in [0.15, 0.2) is 4.99 Å². The van der Waals surface area contributed by atoms with Crippen LogP contribution in [-0.4, -0.2) is 31.8 Å². The van der Waals surface area contributed by atoms with E-state index in [2.05, 4.69) is 10.3 Å². The number of nitrogens with two attached hydrogens (primary N) is 1. The number of hydrogen-bond acceptors (Lipinski definition) is 2. The fraction of sp³-hybridized carbons (Fsp3) is 0.917. The lowest BCUT2D eigenvalue weighted by Crippen LogP contribution is -2.40. The maximum Gasteiger partial charge on any atom is 0.188 e. The minimum atomic E-state index is 0.526. The van der Waals surface area contributed by atoms with Crippen LogP contribution in [-0.2, 0) is 4.74 Å². The summed E-state index contributed by atoms with van der Waals surface area (Å²) in [5, 5.41) is 3.31. The van der Waals surface area contributed by atoms with Gasteiger partial charge in [-0.3, -0.25) is 4.99 Å². The van der Waals surface area contributed by atoms with Gasteiger partial charge in [-0.2, -0.15) is 0 Å². The molecule has 0 aliphatic heterocycles. The molecule has 3 N–H and O–H groups in total. The van der Waals surface area contributed by atoms with Gasteiger partial charge in [0.1, 0.15) is 0 Å². The predicted molar refractivity (Wildman–Crippen MR) is 67.6 cm³/mol.